The molecule has 4 heteroatoms. The molecule has 0 aliphatic rings. The van der Waals surface area contributed by atoms with Crippen molar-refractivity contribution in [2.24, 2.45) is 0 Å². The fourth-order valence-corrected chi connectivity index (χ4v) is 4.12. The smallest absolute Gasteiger partial charge is 0.188 e. The first-order valence-electron chi connectivity index (χ1n) is 8.80. The van der Waals surface area contributed by atoms with Gasteiger partial charge in [0.15, 0.2) is 6.79 Å². The minimum atomic E-state index is -0.0761. The van der Waals surface area contributed by atoms with Gasteiger partial charge in [-0.3, -0.25) is 0 Å². The van der Waals surface area contributed by atoms with Gasteiger partial charge >= 0.3 is 0 Å². The first kappa shape index (κ1) is 20.2. The Kier molecular flexibility index (Phi) is 8.22. The second-order valence-corrected chi connectivity index (χ2v) is 8.43. The molecule has 2 aromatic rings. The van der Waals surface area contributed by atoms with E-state index in [9.17, 15) is 0 Å². The van der Waals surface area contributed by atoms with Crippen molar-refractivity contribution in [3.05, 3.63) is 65.2 Å². The Morgan fingerprint density at radius 2 is 1.84 bits per heavy atom. The third-order valence-corrected chi connectivity index (χ3v) is 6.65. The van der Waals surface area contributed by atoms with Gasteiger partial charge in [0.2, 0.25) is 0 Å². The predicted molar refractivity (Wildman–Crippen MR) is 109 cm³/mol. The highest BCUT2D eigenvalue weighted by molar-refractivity contribution is 7.69. The van der Waals surface area contributed by atoms with Crippen LogP contribution in [0.3, 0.4) is 0 Å². The highest BCUT2D eigenvalue weighted by Crippen LogP contribution is 2.51. The molecule has 2 aromatic carbocycles. The maximum Gasteiger partial charge on any atom is 0.188 e. The van der Waals surface area contributed by atoms with Gasteiger partial charge in [0.25, 0.3) is 0 Å². The van der Waals surface area contributed by atoms with E-state index in [-0.39, 0.29) is 11.9 Å². The molecule has 2 nitrogen and oxygen atoms in total. The molecule has 0 aliphatic carbocycles. The van der Waals surface area contributed by atoms with E-state index in [1.807, 2.05) is 6.07 Å². The number of hydrogen-bond acceptors (Lipinski definition) is 2. The van der Waals surface area contributed by atoms with Crippen molar-refractivity contribution in [3.8, 4) is 5.75 Å². The van der Waals surface area contributed by atoms with Crippen molar-refractivity contribution in [3.63, 3.8) is 0 Å². The molecule has 0 fully saturated rings. The average molecular weight is 379 g/mol. The fourth-order valence-electron chi connectivity index (χ4n) is 2.96. The Labute approximate surface area is 158 Å². The quantitative estimate of drug-likeness (QED) is 0.347. The molecule has 0 aliphatic heterocycles. The first-order valence-corrected chi connectivity index (χ1v) is 10.8. The van der Waals surface area contributed by atoms with E-state index in [1.54, 1.807) is 7.11 Å². The predicted octanol–water partition coefficient (Wildman–Crippen LogP) is 6.50. The van der Waals surface area contributed by atoms with Crippen LogP contribution in [0.15, 0.2) is 48.5 Å². The zero-order valence-electron chi connectivity index (χ0n) is 15.3. The summed E-state index contributed by atoms with van der Waals surface area (Å²) in [5.74, 6) is 0.880. The summed E-state index contributed by atoms with van der Waals surface area (Å²) in [6.07, 6.45) is 4.29. The summed E-state index contributed by atoms with van der Waals surface area (Å²) in [7, 11) is 1.95. The summed E-state index contributed by atoms with van der Waals surface area (Å²) in [5.41, 5.74) is 3.78. The van der Waals surface area contributed by atoms with Crippen LogP contribution >= 0.6 is 19.2 Å². The van der Waals surface area contributed by atoms with Crippen LogP contribution in [0.2, 0.25) is 0 Å². The van der Waals surface area contributed by atoms with Crippen molar-refractivity contribution >= 4 is 19.2 Å². The van der Waals surface area contributed by atoms with Gasteiger partial charge in [-0.05, 0) is 38.0 Å². The Morgan fingerprint density at radius 1 is 1.08 bits per heavy atom. The SMILES string of the molecule is CCCC[C@@](C)(PCl)c1cc(Cc2ccccc2)ccc1OCOC. The molecule has 25 heavy (non-hydrogen) atoms. The van der Waals surface area contributed by atoms with E-state index in [1.165, 1.54) is 16.7 Å². The minimum Gasteiger partial charge on any atom is -0.467 e. The van der Waals surface area contributed by atoms with Gasteiger partial charge < -0.3 is 9.47 Å². The van der Waals surface area contributed by atoms with Crippen molar-refractivity contribution in [1.82, 2.24) is 0 Å². The molecular weight excluding hydrogens is 351 g/mol. The lowest BCUT2D eigenvalue weighted by Crippen LogP contribution is -2.17. The summed E-state index contributed by atoms with van der Waals surface area (Å²) in [6.45, 7) is 4.71. The van der Waals surface area contributed by atoms with E-state index >= 15 is 0 Å². The van der Waals surface area contributed by atoms with E-state index in [2.05, 4.69) is 56.3 Å². The van der Waals surface area contributed by atoms with E-state index < -0.39 is 0 Å². The molecule has 0 radical (unpaired) electrons. The lowest BCUT2D eigenvalue weighted by molar-refractivity contribution is 0.0500. The maximum absolute atomic E-state index is 6.44. The second kappa shape index (κ2) is 10.2. The van der Waals surface area contributed by atoms with Crippen LogP contribution in [-0.4, -0.2) is 13.9 Å². The number of ether oxygens (including phenoxy) is 2. The highest BCUT2D eigenvalue weighted by Gasteiger charge is 2.29. The zero-order chi connectivity index (χ0) is 18.1. The minimum absolute atomic E-state index is 0.0761. The van der Waals surface area contributed by atoms with Gasteiger partial charge in [0.05, 0.1) is 0 Å². The van der Waals surface area contributed by atoms with Crippen LogP contribution in [0.1, 0.15) is 49.8 Å². The number of halogens is 1. The van der Waals surface area contributed by atoms with Gasteiger partial charge in [-0.2, -0.15) is 0 Å². The number of rotatable bonds is 10. The molecule has 0 amide bonds. The monoisotopic (exact) mass is 378 g/mol. The summed E-state index contributed by atoms with van der Waals surface area (Å²) in [5, 5.41) is -0.0761. The van der Waals surface area contributed by atoms with E-state index in [4.69, 9.17) is 20.7 Å². The Bertz CT molecular complexity index is 648. The molecule has 0 saturated heterocycles. The molecule has 2 atom stereocenters. The molecule has 0 aromatic heterocycles. The topological polar surface area (TPSA) is 18.5 Å². The Hall–Kier alpha value is -1.08. The normalized spacial score (nSPS) is 13.9. The molecule has 0 spiro atoms. The molecular formula is C21H28ClO2P. The van der Waals surface area contributed by atoms with Gasteiger partial charge in [-0.15, -0.1) is 0 Å². The third-order valence-electron chi connectivity index (χ3n) is 4.46. The van der Waals surface area contributed by atoms with E-state index in [0.717, 1.165) is 31.4 Å². The van der Waals surface area contributed by atoms with Crippen molar-refractivity contribution in [2.45, 2.75) is 44.7 Å². The number of unbranched alkanes of at least 4 members (excludes halogenated alkanes) is 1. The van der Waals surface area contributed by atoms with Crippen LogP contribution in [0.25, 0.3) is 0 Å². The van der Waals surface area contributed by atoms with Gasteiger partial charge in [0.1, 0.15) is 5.75 Å². The Morgan fingerprint density at radius 3 is 2.48 bits per heavy atom. The fraction of sp³-hybridized carbons (Fsp3) is 0.429. The zero-order valence-corrected chi connectivity index (χ0v) is 17.1. The van der Waals surface area contributed by atoms with Crippen LogP contribution in [0.4, 0.5) is 0 Å². The molecule has 136 valence electrons. The lowest BCUT2D eigenvalue weighted by Gasteiger charge is -2.30. The molecule has 0 bridgehead atoms. The number of benzene rings is 2. The maximum atomic E-state index is 6.44. The summed E-state index contributed by atoms with van der Waals surface area (Å²) in [4.78, 5) is 0. The number of methoxy groups -OCH3 is 1. The van der Waals surface area contributed by atoms with Crippen molar-refractivity contribution in [2.75, 3.05) is 13.9 Å². The van der Waals surface area contributed by atoms with Crippen LogP contribution in [-0.2, 0) is 16.3 Å². The Balaban J connectivity index is 2.35. The summed E-state index contributed by atoms with van der Waals surface area (Å²) in [6, 6.07) is 17.0. The van der Waals surface area contributed by atoms with Crippen LogP contribution in [0.5, 0.6) is 5.75 Å². The lowest BCUT2D eigenvalue weighted by atomic mass is 9.91. The molecule has 1 unspecified atom stereocenters. The standard InChI is InChI=1S/C21H28ClO2P/c1-4-5-13-21(2,25-22)19-15-18(11-12-20(19)24-16-23-3)14-17-9-7-6-8-10-17/h6-12,15,25H,4-5,13-14,16H2,1-3H3/t21-/m1/s1. The highest BCUT2D eigenvalue weighted by atomic mass is 35.7. The van der Waals surface area contributed by atoms with Gasteiger partial charge in [-0.1, -0.05) is 80.4 Å². The molecule has 0 saturated carbocycles. The summed E-state index contributed by atoms with van der Waals surface area (Å²) < 4.78 is 10.9. The van der Waals surface area contributed by atoms with Gasteiger partial charge in [0, 0.05) is 17.8 Å². The first-order chi connectivity index (χ1) is 12.1. The van der Waals surface area contributed by atoms with Crippen molar-refractivity contribution in [1.29, 1.82) is 0 Å². The largest absolute Gasteiger partial charge is 0.467 e. The molecule has 2 rings (SSSR count). The third kappa shape index (κ3) is 5.71. The second-order valence-electron chi connectivity index (χ2n) is 6.57. The van der Waals surface area contributed by atoms with Crippen LogP contribution in [0, 0.1) is 0 Å². The molecule has 0 heterocycles. The van der Waals surface area contributed by atoms with Crippen molar-refractivity contribution < 1.29 is 9.47 Å². The average Bonchev–Trinajstić information content (AvgIpc) is 2.66. The summed E-state index contributed by atoms with van der Waals surface area (Å²) >= 11 is 6.44. The van der Waals surface area contributed by atoms with Crippen LogP contribution < -0.4 is 4.74 Å². The van der Waals surface area contributed by atoms with Gasteiger partial charge in [-0.25, -0.2) is 0 Å². The molecule has 0 N–H and O–H groups in total. The number of hydrogen-bond donors (Lipinski definition) is 0. The van der Waals surface area contributed by atoms with E-state index in [0.29, 0.717) is 7.93 Å².